The molecule has 1 fully saturated rings. The molecule has 12 heteroatoms. The maximum absolute atomic E-state index is 13.3. The van der Waals surface area contributed by atoms with Gasteiger partial charge in [-0.3, -0.25) is 9.69 Å². The van der Waals surface area contributed by atoms with Crippen LogP contribution in [0.3, 0.4) is 0 Å². The molecule has 0 atom stereocenters. The summed E-state index contributed by atoms with van der Waals surface area (Å²) < 4.78 is 16.7. The molecule has 3 aromatic rings. The molecule has 3 aromatic carbocycles. The first-order chi connectivity index (χ1) is 22.4. The molecule has 244 valence electrons. The third-order valence-corrected chi connectivity index (χ3v) is 7.40. The number of rotatable bonds is 8. The van der Waals surface area contributed by atoms with E-state index in [0.29, 0.717) is 0 Å². The van der Waals surface area contributed by atoms with E-state index < -0.39 is 24.2 Å². The van der Waals surface area contributed by atoms with Gasteiger partial charge in [-0.2, -0.15) is 0 Å². The second-order valence-electron chi connectivity index (χ2n) is 10.8. The van der Waals surface area contributed by atoms with Crippen LogP contribution < -0.4 is 0 Å². The average molecular weight is 633 g/mol. The van der Waals surface area contributed by atoms with Crippen molar-refractivity contribution in [1.82, 2.24) is 19.6 Å². The van der Waals surface area contributed by atoms with E-state index in [1.54, 1.807) is 4.90 Å². The highest BCUT2D eigenvalue weighted by molar-refractivity contribution is 5.70. The number of carboxylic acids is 1. The van der Waals surface area contributed by atoms with Crippen molar-refractivity contribution in [3.05, 3.63) is 108 Å². The number of benzene rings is 3. The summed E-state index contributed by atoms with van der Waals surface area (Å²) in [6.45, 7) is 1.02. The van der Waals surface area contributed by atoms with Crippen LogP contribution >= 0.6 is 0 Å². The van der Waals surface area contributed by atoms with E-state index in [1.807, 2.05) is 91.0 Å². The summed E-state index contributed by atoms with van der Waals surface area (Å²) in [7, 11) is 0. The molecule has 3 amide bonds. The maximum Gasteiger partial charge on any atom is 0.410 e. The number of amides is 3. The molecular formula is C34H40N4O8. The number of carbonyl (C=O) groups excluding carboxylic acids is 3. The number of ether oxygens (including phenoxy) is 3. The molecule has 1 heterocycles. The summed E-state index contributed by atoms with van der Waals surface area (Å²) in [5, 5.41) is 9.54. The Morgan fingerprint density at radius 3 is 1.04 bits per heavy atom. The first-order valence-electron chi connectivity index (χ1n) is 15.2. The van der Waals surface area contributed by atoms with E-state index >= 15 is 0 Å². The Balaban J connectivity index is 1.48. The fourth-order valence-corrected chi connectivity index (χ4v) is 4.78. The monoisotopic (exact) mass is 632 g/mol. The Hall–Kier alpha value is -5.10. The van der Waals surface area contributed by atoms with Crippen LogP contribution in [0.25, 0.3) is 0 Å². The van der Waals surface area contributed by atoms with Gasteiger partial charge in [-0.05, 0) is 16.7 Å². The molecule has 4 rings (SSSR count). The number of hydrogen-bond acceptors (Lipinski definition) is 8. The molecule has 0 spiro atoms. The van der Waals surface area contributed by atoms with Gasteiger partial charge in [0.05, 0.1) is 6.54 Å². The van der Waals surface area contributed by atoms with E-state index in [0.717, 1.165) is 16.7 Å². The first kappa shape index (κ1) is 33.8. The lowest BCUT2D eigenvalue weighted by Crippen LogP contribution is -2.50. The number of hydrogen-bond donors (Lipinski definition) is 1. The summed E-state index contributed by atoms with van der Waals surface area (Å²) in [5.41, 5.74) is 2.46. The minimum atomic E-state index is -1.03. The van der Waals surface area contributed by atoms with Crippen molar-refractivity contribution in [2.45, 2.75) is 19.8 Å². The molecule has 0 aliphatic carbocycles. The van der Waals surface area contributed by atoms with Crippen LogP contribution in [0.15, 0.2) is 91.0 Å². The van der Waals surface area contributed by atoms with Crippen LogP contribution in [0.5, 0.6) is 0 Å². The van der Waals surface area contributed by atoms with Gasteiger partial charge in [-0.1, -0.05) is 91.0 Å². The average Bonchev–Trinajstić information content (AvgIpc) is 3.07. The third kappa shape index (κ3) is 11.4. The molecule has 1 aliphatic rings. The predicted octanol–water partition coefficient (Wildman–Crippen LogP) is 4.30. The Kier molecular flexibility index (Phi) is 13.2. The Bertz CT molecular complexity index is 1320. The maximum atomic E-state index is 13.3. The highest BCUT2D eigenvalue weighted by Crippen LogP contribution is 2.10. The molecule has 46 heavy (non-hydrogen) atoms. The Morgan fingerprint density at radius 2 is 0.761 bits per heavy atom. The fraction of sp³-hybridized carbons (Fsp3) is 0.353. The quantitative estimate of drug-likeness (QED) is 0.362. The molecular weight excluding hydrogens is 592 g/mol. The van der Waals surface area contributed by atoms with Gasteiger partial charge in [0.1, 0.15) is 19.8 Å². The molecule has 0 unspecified atom stereocenters. The van der Waals surface area contributed by atoms with E-state index in [1.165, 1.54) is 14.7 Å². The van der Waals surface area contributed by atoms with Crippen LogP contribution in [-0.4, -0.2) is 108 Å². The van der Waals surface area contributed by atoms with E-state index in [-0.39, 0.29) is 78.7 Å². The smallest absolute Gasteiger partial charge is 0.410 e. The molecule has 0 bridgehead atoms. The minimum absolute atomic E-state index is 0.0615. The molecule has 1 N–H and O–H groups in total. The van der Waals surface area contributed by atoms with Crippen molar-refractivity contribution in [1.29, 1.82) is 0 Å². The molecule has 12 nitrogen and oxygen atoms in total. The van der Waals surface area contributed by atoms with Crippen molar-refractivity contribution in [3.63, 3.8) is 0 Å². The Morgan fingerprint density at radius 1 is 0.478 bits per heavy atom. The lowest BCUT2D eigenvalue weighted by Gasteiger charge is -2.33. The van der Waals surface area contributed by atoms with Crippen LogP contribution in [0.2, 0.25) is 0 Å². The van der Waals surface area contributed by atoms with E-state index in [9.17, 15) is 24.3 Å². The van der Waals surface area contributed by atoms with E-state index in [4.69, 9.17) is 14.2 Å². The SMILES string of the molecule is O=C(O)CN1CCN(C(=O)OCc2ccccc2)CCN(C(=O)OCc2ccccc2)CCN(C(=O)OCc2ccccc2)CC1. The van der Waals surface area contributed by atoms with Crippen molar-refractivity contribution in [3.8, 4) is 0 Å². The zero-order valence-electron chi connectivity index (χ0n) is 25.7. The number of carboxylic acid groups (broad SMARTS) is 1. The summed E-state index contributed by atoms with van der Waals surface area (Å²) in [6, 6.07) is 27.8. The van der Waals surface area contributed by atoms with Crippen molar-refractivity contribution >= 4 is 24.2 Å². The second-order valence-corrected chi connectivity index (χ2v) is 10.8. The largest absolute Gasteiger partial charge is 0.480 e. The predicted molar refractivity (Wildman–Crippen MR) is 169 cm³/mol. The number of aliphatic carboxylic acids is 1. The van der Waals surface area contributed by atoms with Crippen molar-refractivity contribution in [2.75, 3.05) is 58.9 Å². The van der Waals surface area contributed by atoms with E-state index in [2.05, 4.69) is 0 Å². The van der Waals surface area contributed by atoms with Gasteiger partial charge in [0.25, 0.3) is 0 Å². The van der Waals surface area contributed by atoms with Gasteiger partial charge in [-0.25, -0.2) is 14.4 Å². The van der Waals surface area contributed by atoms with Crippen LogP contribution in [0.4, 0.5) is 14.4 Å². The van der Waals surface area contributed by atoms with Crippen molar-refractivity contribution in [2.24, 2.45) is 0 Å². The summed E-state index contributed by atoms with van der Waals surface area (Å²) in [5.74, 6) is -1.03. The number of nitrogens with zero attached hydrogens (tertiary/aromatic N) is 4. The second kappa shape index (κ2) is 18.0. The van der Waals surface area contributed by atoms with Gasteiger partial charge in [0, 0.05) is 52.4 Å². The lowest BCUT2D eigenvalue weighted by molar-refractivity contribution is -0.138. The molecule has 0 aromatic heterocycles. The molecule has 1 saturated heterocycles. The minimum Gasteiger partial charge on any atom is -0.480 e. The summed E-state index contributed by atoms with van der Waals surface area (Å²) in [4.78, 5) is 57.4. The Labute approximate surface area is 268 Å². The van der Waals surface area contributed by atoms with Crippen LogP contribution in [0.1, 0.15) is 16.7 Å². The number of carbonyl (C=O) groups is 4. The van der Waals surface area contributed by atoms with Crippen LogP contribution in [-0.2, 0) is 38.8 Å². The topological polar surface area (TPSA) is 129 Å². The normalized spacial score (nSPS) is 14.8. The van der Waals surface area contributed by atoms with Crippen LogP contribution in [0, 0.1) is 0 Å². The molecule has 0 saturated carbocycles. The van der Waals surface area contributed by atoms with Gasteiger partial charge < -0.3 is 34.0 Å². The summed E-state index contributed by atoms with van der Waals surface area (Å²) in [6.07, 6.45) is -1.76. The van der Waals surface area contributed by atoms with Crippen molar-refractivity contribution < 1.29 is 38.5 Å². The molecule has 0 radical (unpaired) electrons. The zero-order chi connectivity index (χ0) is 32.6. The fourth-order valence-electron chi connectivity index (χ4n) is 4.78. The molecule has 1 aliphatic heterocycles. The summed E-state index contributed by atoms with van der Waals surface area (Å²) >= 11 is 0. The third-order valence-electron chi connectivity index (χ3n) is 7.40. The van der Waals surface area contributed by atoms with Gasteiger partial charge in [0.2, 0.25) is 0 Å². The standard InChI is InChI=1S/C34H40N4O8/c39-31(40)24-35-16-18-36(32(41)44-25-28-10-4-1-5-11-28)20-22-38(34(43)46-27-30-14-8-3-9-15-30)23-21-37(19-17-35)33(42)45-26-29-12-6-2-7-13-29/h1-15H,16-27H2,(H,39,40). The lowest BCUT2D eigenvalue weighted by atomic mass is 10.2. The van der Waals surface area contributed by atoms with Gasteiger partial charge in [0.15, 0.2) is 0 Å². The first-order valence-corrected chi connectivity index (χ1v) is 15.2. The highest BCUT2D eigenvalue weighted by Gasteiger charge is 2.26. The van der Waals surface area contributed by atoms with Gasteiger partial charge >= 0.3 is 24.2 Å². The van der Waals surface area contributed by atoms with Gasteiger partial charge in [-0.15, -0.1) is 0 Å². The highest BCUT2D eigenvalue weighted by atomic mass is 16.6. The zero-order valence-corrected chi connectivity index (χ0v) is 25.7.